The summed E-state index contributed by atoms with van der Waals surface area (Å²) in [4.78, 5) is 90.5. The number of rotatable bonds is 16. The van der Waals surface area contributed by atoms with Gasteiger partial charge in [-0.2, -0.15) is 0 Å². The Kier molecular flexibility index (Phi) is 15.3. The molecule has 0 radical (unpaired) electrons. The van der Waals surface area contributed by atoms with Crippen molar-refractivity contribution in [3.05, 3.63) is 149 Å². The molecule has 2 fully saturated rings. The lowest BCUT2D eigenvalue weighted by Gasteiger charge is -2.35. The van der Waals surface area contributed by atoms with Crippen molar-refractivity contribution in [2.24, 2.45) is 5.41 Å². The maximum atomic E-state index is 14.2. The first-order valence-electron chi connectivity index (χ1n) is 25.0. The molecule has 0 unspecified atom stereocenters. The maximum Gasteiger partial charge on any atom is 0.256 e. The van der Waals surface area contributed by atoms with E-state index < -0.39 is 29.5 Å². The molecule has 5 amide bonds. The monoisotopic (exact) mass is 1020 g/mol. The lowest BCUT2D eigenvalue weighted by atomic mass is 9.85. The fourth-order valence-electron chi connectivity index (χ4n) is 9.80. The molecule has 2 saturated heterocycles. The Morgan fingerprint density at radius 2 is 1.54 bits per heavy atom. The van der Waals surface area contributed by atoms with Crippen LogP contribution in [-0.2, 0) is 38.6 Å². The summed E-state index contributed by atoms with van der Waals surface area (Å²) in [5.41, 5.74) is 14.8. The predicted molar refractivity (Wildman–Crippen MR) is 283 cm³/mol. The van der Waals surface area contributed by atoms with Gasteiger partial charge in [-0.1, -0.05) is 87.5 Å². The number of hydrogen-bond donors (Lipinski definition) is 5. The van der Waals surface area contributed by atoms with Crippen LogP contribution in [-0.4, -0.2) is 100 Å². The second kappa shape index (κ2) is 22.1. The molecular weight excluding hydrogens is 955 g/mol. The molecule has 2 aliphatic heterocycles. The summed E-state index contributed by atoms with van der Waals surface area (Å²) in [6.45, 7) is 8.40. The van der Waals surface area contributed by atoms with Crippen LogP contribution in [0.5, 0.6) is 0 Å². The molecule has 2 aliphatic rings. The van der Waals surface area contributed by atoms with Gasteiger partial charge >= 0.3 is 0 Å². The molecule has 382 valence electrons. The Morgan fingerprint density at radius 1 is 0.838 bits per heavy atom. The first-order chi connectivity index (χ1) is 35.6. The van der Waals surface area contributed by atoms with E-state index in [1.165, 1.54) is 4.90 Å². The van der Waals surface area contributed by atoms with E-state index in [-0.39, 0.29) is 55.6 Å². The third-order valence-corrected chi connectivity index (χ3v) is 14.8. The smallest absolute Gasteiger partial charge is 0.256 e. The van der Waals surface area contributed by atoms with Gasteiger partial charge in [-0.25, -0.2) is 19.9 Å². The molecule has 18 heteroatoms. The second-order valence-electron chi connectivity index (χ2n) is 20.1. The van der Waals surface area contributed by atoms with Crippen LogP contribution < -0.4 is 21.7 Å². The number of nitrogens with one attached hydrogen (secondary N) is 3. The number of aromatic nitrogens is 5. The average Bonchev–Trinajstić information content (AvgIpc) is 4.23. The molecule has 74 heavy (non-hydrogen) atoms. The number of carbonyl (C=O) groups is 5. The number of nitrogens with two attached hydrogens (primary N) is 1. The van der Waals surface area contributed by atoms with Crippen LogP contribution in [0.4, 0.5) is 11.6 Å². The third-order valence-electron chi connectivity index (χ3n) is 13.8. The molecule has 0 saturated carbocycles. The van der Waals surface area contributed by atoms with E-state index in [1.807, 2.05) is 109 Å². The van der Waals surface area contributed by atoms with Crippen molar-refractivity contribution in [2.75, 3.05) is 24.1 Å². The van der Waals surface area contributed by atoms with Crippen molar-refractivity contribution in [3.63, 3.8) is 0 Å². The Morgan fingerprint density at radius 3 is 2.22 bits per heavy atom. The molecule has 0 bridgehead atoms. The Labute approximate surface area is 433 Å². The first kappa shape index (κ1) is 51.1. The number of likely N-dealkylation sites (tertiary alicyclic amines) is 2. The minimum absolute atomic E-state index is 0.0103. The minimum atomic E-state index is -0.935. The van der Waals surface area contributed by atoms with Crippen molar-refractivity contribution < 1.29 is 29.1 Å². The van der Waals surface area contributed by atoms with Gasteiger partial charge in [0, 0.05) is 68.6 Å². The van der Waals surface area contributed by atoms with Crippen LogP contribution in [0.1, 0.15) is 97.5 Å². The zero-order chi connectivity index (χ0) is 52.1. The van der Waals surface area contributed by atoms with Gasteiger partial charge in [0.25, 0.3) is 5.91 Å². The molecule has 4 aromatic heterocycles. The molecule has 9 rings (SSSR count). The summed E-state index contributed by atoms with van der Waals surface area (Å²) in [5.74, 6) is 0.0874. The number of anilines is 2. The third kappa shape index (κ3) is 11.5. The standard InChI is InChI=1S/C56H61N11O6S/c1-34-49(74-33-61-34)39-18-14-37(15-19-39)31-60-54(72)43-30-41(68)32-67(43)55(73)50(56(2,3)4)63-45(69)24-16-35-10-12-36(13-11-35)17-25-46(70)65-28-7-8-42(65)52-64-47(48-51(57)59-27-29-66(48)52)38-20-22-40(23-21-38)53(71)62-44-9-5-6-26-58-44/h5-6,9-15,18-23,26-27,29,33,41-43,50,68H,7-8,16-17,24-25,28,30-32H2,1-4H3,(H2,57,59)(H,60,72)(H,63,69)(H,58,62,71)/t41-,42+,43+,50-/m1/s1. The van der Waals surface area contributed by atoms with Crippen LogP contribution in [0.25, 0.3) is 27.2 Å². The zero-order valence-electron chi connectivity index (χ0n) is 42.0. The highest BCUT2D eigenvalue weighted by molar-refractivity contribution is 7.13. The quantitative estimate of drug-likeness (QED) is 0.0656. The van der Waals surface area contributed by atoms with Gasteiger partial charge in [0.2, 0.25) is 23.6 Å². The number of aliphatic hydroxyl groups is 1. The number of fused-ring (bicyclic) bond motifs is 1. The number of nitrogens with zero attached hydrogens (tertiary/aromatic N) is 7. The summed E-state index contributed by atoms with van der Waals surface area (Å²) < 4.78 is 1.92. The number of thiazole rings is 1. The molecule has 3 aromatic carbocycles. The molecule has 0 aliphatic carbocycles. The fourth-order valence-corrected chi connectivity index (χ4v) is 10.6. The number of nitrogen functional groups attached to an aromatic ring is 1. The fraction of sp³-hybridized carbons (Fsp3) is 0.339. The van der Waals surface area contributed by atoms with Crippen LogP contribution in [0.2, 0.25) is 0 Å². The molecule has 17 nitrogen and oxygen atoms in total. The molecular formula is C56H61N11O6S. The number of aliphatic hydroxyl groups excluding tert-OH is 1. The molecule has 7 aromatic rings. The summed E-state index contributed by atoms with van der Waals surface area (Å²) in [6, 6.07) is 26.1. The number of pyridine rings is 1. The zero-order valence-corrected chi connectivity index (χ0v) is 42.8. The summed E-state index contributed by atoms with van der Waals surface area (Å²) in [7, 11) is 0. The van der Waals surface area contributed by atoms with Gasteiger partial charge in [0.15, 0.2) is 0 Å². The lowest BCUT2D eigenvalue weighted by molar-refractivity contribution is -0.144. The number of β-amino-alcohol motifs (C(OH)–C–C–N with tert-alkyl or cyclic N) is 1. The van der Waals surface area contributed by atoms with Crippen molar-refractivity contribution in [3.8, 4) is 21.7 Å². The topological polar surface area (TPSA) is 230 Å². The van der Waals surface area contributed by atoms with Gasteiger partial charge in [-0.05, 0) is 84.5 Å². The highest BCUT2D eigenvalue weighted by Crippen LogP contribution is 2.37. The predicted octanol–water partition coefficient (Wildman–Crippen LogP) is 7.10. The van der Waals surface area contributed by atoms with E-state index in [4.69, 9.17) is 10.7 Å². The van der Waals surface area contributed by atoms with E-state index in [1.54, 1.807) is 54.1 Å². The van der Waals surface area contributed by atoms with E-state index in [0.717, 1.165) is 51.2 Å². The lowest BCUT2D eigenvalue weighted by Crippen LogP contribution is -2.57. The van der Waals surface area contributed by atoms with Crippen molar-refractivity contribution in [1.82, 2.24) is 44.8 Å². The SMILES string of the molecule is Cc1ncsc1-c1ccc(CNC(=O)[C@@H]2C[C@@H](O)CN2C(=O)[C@@H](NC(=O)CCc2ccc(CCC(=O)N3CCC[C@H]3c3nc(-c4ccc(C(=O)Nc5ccccn5)cc4)c4c(N)nccn34)cc2)C(C)(C)C)cc1. The average molecular weight is 1020 g/mol. The highest BCUT2D eigenvalue weighted by atomic mass is 32.1. The first-order valence-corrected chi connectivity index (χ1v) is 25.9. The van der Waals surface area contributed by atoms with Crippen LogP contribution in [0.3, 0.4) is 0 Å². The number of carbonyl (C=O) groups excluding carboxylic acids is 5. The van der Waals surface area contributed by atoms with Crippen LogP contribution >= 0.6 is 11.3 Å². The normalized spacial score (nSPS) is 17.1. The number of imidazole rings is 1. The number of amides is 5. The van der Waals surface area contributed by atoms with Gasteiger partial charge < -0.3 is 36.6 Å². The van der Waals surface area contributed by atoms with Crippen molar-refractivity contribution in [2.45, 2.75) is 103 Å². The summed E-state index contributed by atoms with van der Waals surface area (Å²) in [5, 5.41) is 19.4. The van der Waals surface area contributed by atoms with Crippen LogP contribution in [0, 0.1) is 12.3 Å². The van der Waals surface area contributed by atoms with Gasteiger partial charge in [0.05, 0.1) is 28.2 Å². The van der Waals surface area contributed by atoms with E-state index in [2.05, 4.69) is 30.9 Å². The molecule has 4 atom stereocenters. The van der Waals surface area contributed by atoms with Gasteiger partial charge in [0.1, 0.15) is 40.8 Å². The maximum absolute atomic E-state index is 14.2. The van der Waals surface area contributed by atoms with Gasteiger partial charge in [-0.3, -0.25) is 28.4 Å². The van der Waals surface area contributed by atoms with Crippen LogP contribution in [0.15, 0.2) is 115 Å². The van der Waals surface area contributed by atoms with E-state index in [0.29, 0.717) is 60.0 Å². The summed E-state index contributed by atoms with van der Waals surface area (Å²) >= 11 is 1.57. The highest BCUT2D eigenvalue weighted by Gasteiger charge is 2.44. The second-order valence-corrected chi connectivity index (χ2v) is 21.0. The number of hydrogen-bond acceptors (Lipinski definition) is 12. The van der Waals surface area contributed by atoms with E-state index in [9.17, 15) is 29.1 Å². The summed E-state index contributed by atoms with van der Waals surface area (Å²) in [6.07, 6.45) is 7.19. The Hall–Kier alpha value is -7.83. The van der Waals surface area contributed by atoms with Gasteiger partial charge in [-0.15, -0.1) is 11.3 Å². The Bertz CT molecular complexity index is 3150. The molecule has 0 spiro atoms. The van der Waals surface area contributed by atoms with Crippen molar-refractivity contribution >= 4 is 58.0 Å². The Balaban J connectivity index is 0.774. The van der Waals surface area contributed by atoms with Crippen molar-refractivity contribution in [1.29, 1.82) is 0 Å². The molecule has 6 N–H and O–H groups in total. The number of benzene rings is 3. The molecule has 6 heterocycles. The number of aryl methyl sites for hydroxylation is 3. The van der Waals surface area contributed by atoms with E-state index >= 15 is 0 Å². The minimum Gasteiger partial charge on any atom is -0.391 e. The largest absolute Gasteiger partial charge is 0.391 e.